The summed E-state index contributed by atoms with van der Waals surface area (Å²) in [6.07, 6.45) is 2.05. The number of nitrogens with two attached hydrogens (primary N) is 1. The molecule has 2 aromatic carbocycles. The zero-order valence-electron chi connectivity index (χ0n) is 18.3. The van der Waals surface area contributed by atoms with E-state index < -0.39 is 0 Å². The van der Waals surface area contributed by atoms with Gasteiger partial charge in [-0.1, -0.05) is 55.5 Å². The molecule has 2 heterocycles. The van der Waals surface area contributed by atoms with E-state index in [1.54, 1.807) is 0 Å². The highest BCUT2D eigenvalue weighted by Gasteiger charge is 2.35. The molecular weight excluding hydrogens is 386 g/mol. The number of hydrogen-bond donors (Lipinski definition) is 2. The van der Waals surface area contributed by atoms with Gasteiger partial charge in [0, 0.05) is 50.9 Å². The molecule has 31 heavy (non-hydrogen) atoms. The van der Waals surface area contributed by atoms with Crippen molar-refractivity contribution in [3.8, 4) is 0 Å². The Bertz CT molecular complexity index is 907. The highest BCUT2D eigenvalue weighted by molar-refractivity contribution is 5.95. The van der Waals surface area contributed by atoms with Crippen LogP contribution in [0.2, 0.25) is 0 Å². The van der Waals surface area contributed by atoms with E-state index in [0.717, 1.165) is 51.1 Å². The first-order valence-corrected chi connectivity index (χ1v) is 11.2. The molecule has 0 aliphatic carbocycles. The number of amides is 2. The first kappa shape index (κ1) is 21.4. The second-order valence-corrected chi connectivity index (χ2v) is 9.03. The normalized spacial score (nSPS) is 20.8. The van der Waals surface area contributed by atoms with Gasteiger partial charge >= 0.3 is 6.03 Å². The number of urea groups is 1. The second kappa shape index (κ2) is 9.52. The van der Waals surface area contributed by atoms with E-state index in [-0.39, 0.29) is 11.9 Å². The van der Waals surface area contributed by atoms with Crippen molar-refractivity contribution >= 4 is 11.9 Å². The van der Waals surface area contributed by atoms with Crippen LogP contribution in [0.3, 0.4) is 0 Å². The van der Waals surface area contributed by atoms with E-state index in [9.17, 15) is 4.79 Å². The molecule has 2 amide bonds. The lowest BCUT2D eigenvalue weighted by Crippen LogP contribution is -2.57. The highest BCUT2D eigenvalue weighted by Crippen LogP contribution is 2.25. The Hall–Kier alpha value is -2.86. The van der Waals surface area contributed by atoms with Crippen molar-refractivity contribution in [3.63, 3.8) is 0 Å². The van der Waals surface area contributed by atoms with Gasteiger partial charge in [0.25, 0.3) is 0 Å². The number of piperidine rings is 1. The fraction of sp³-hybridized carbons (Fsp3) is 0.440. The molecule has 4 rings (SSSR count). The molecule has 2 aliphatic heterocycles. The number of carbonyl (C=O) groups is 1. The molecule has 0 spiro atoms. The lowest BCUT2D eigenvalue weighted by molar-refractivity contribution is 0.0576. The van der Waals surface area contributed by atoms with Crippen LogP contribution in [-0.2, 0) is 13.1 Å². The van der Waals surface area contributed by atoms with Crippen molar-refractivity contribution in [1.29, 1.82) is 5.41 Å². The zero-order valence-corrected chi connectivity index (χ0v) is 18.3. The lowest BCUT2D eigenvalue weighted by Gasteiger charge is -2.45. The Morgan fingerprint density at radius 3 is 2.42 bits per heavy atom. The van der Waals surface area contributed by atoms with Gasteiger partial charge in [-0.05, 0) is 36.0 Å². The maximum absolute atomic E-state index is 13.3. The summed E-state index contributed by atoms with van der Waals surface area (Å²) in [4.78, 5) is 19.9. The Balaban J connectivity index is 1.37. The van der Waals surface area contributed by atoms with Crippen LogP contribution in [0.25, 0.3) is 0 Å². The van der Waals surface area contributed by atoms with Crippen molar-refractivity contribution < 1.29 is 4.79 Å². The van der Waals surface area contributed by atoms with Gasteiger partial charge in [0.1, 0.15) is 5.84 Å². The number of hydrogen-bond acceptors (Lipinski definition) is 3. The lowest BCUT2D eigenvalue weighted by atomic mass is 9.99. The fourth-order valence-electron chi connectivity index (χ4n) is 4.83. The quantitative estimate of drug-likeness (QED) is 0.556. The van der Waals surface area contributed by atoms with Gasteiger partial charge in [-0.2, -0.15) is 0 Å². The number of nitrogen functional groups attached to an aromatic ring is 1. The Morgan fingerprint density at radius 1 is 1.00 bits per heavy atom. The van der Waals surface area contributed by atoms with Crippen LogP contribution in [0.5, 0.6) is 0 Å². The summed E-state index contributed by atoms with van der Waals surface area (Å²) in [5.41, 5.74) is 8.71. The van der Waals surface area contributed by atoms with Crippen molar-refractivity contribution in [2.24, 2.45) is 11.7 Å². The molecule has 6 nitrogen and oxygen atoms in total. The van der Waals surface area contributed by atoms with Crippen LogP contribution in [0, 0.1) is 11.3 Å². The summed E-state index contributed by atoms with van der Waals surface area (Å²) in [6.45, 7) is 7.43. The van der Waals surface area contributed by atoms with E-state index in [0.29, 0.717) is 24.1 Å². The van der Waals surface area contributed by atoms with E-state index in [1.807, 2.05) is 29.2 Å². The molecule has 164 valence electrons. The standard InChI is InChI=1S/C25H33N5O/c1-19-15-29(18-21-8-5-9-22(14-21)24(26)27)25(31)30(16-19)23-10-12-28(13-11-23)17-20-6-3-2-4-7-20/h2-9,14,19,23H,10-13,15-18H2,1H3,(H3,26,27). The Kier molecular flexibility index (Phi) is 6.56. The predicted molar refractivity (Wildman–Crippen MR) is 124 cm³/mol. The third-order valence-electron chi connectivity index (χ3n) is 6.41. The number of amidine groups is 1. The highest BCUT2D eigenvalue weighted by atomic mass is 16.2. The molecule has 0 aromatic heterocycles. The third-order valence-corrected chi connectivity index (χ3v) is 6.41. The molecule has 0 radical (unpaired) electrons. The van der Waals surface area contributed by atoms with E-state index in [1.165, 1.54) is 5.56 Å². The Labute approximate surface area is 185 Å². The number of rotatable bonds is 6. The van der Waals surface area contributed by atoms with Crippen LogP contribution < -0.4 is 5.73 Å². The summed E-state index contributed by atoms with van der Waals surface area (Å²) in [5.74, 6) is 0.500. The van der Waals surface area contributed by atoms with Crippen molar-refractivity contribution in [2.75, 3.05) is 26.2 Å². The Morgan fingerprint density at radius 2 is 1.71 bits per heavy atom. The number of carbonyl (C=O) groups excluding carboxylic acids is 1. The van der Waals surface area contributed by atoms with Crippen LogP contribution in [0.15, 0.2) is 54.6 Å². The van der Waals surface area contributed by atoms with Crippen molar-refractivity contribution in [1.82, 2.24) is 14.7 Å². The molecule has 1 unspecified atom stereocenters. The van der Waals surface area contributed by atoms with Crippen LogP contribution in [0.1, 0.15) is 36.5 Å². The zero-order chi connectivity index (χ0) is 21.8. The van der Waals surface area contributed by atoms with Gasteiger partial charge in [0.05, 0.1) is 0 Å². The number of nitrogens with one attached hydrogen (secondary N) is 1. The van der Waals surface area contributed by atoms with Gasteiger partial charge in [-0.25, -0.2) is 4.79 Å². The van der Waals surface area contributed by atoms with Crippen molar-refractivity contribution in [2.45, 2.75) is 38.9 Å². The summed E-state index contributed by atoms with van der Waals surface area (Å²) < 4.78 is 0. The molecule has 1 atom stereocenters. The minimum absolute atomic E-state index is 0.0593. The SMILES string of the molecule is CC1CN(Cc2cccc(C(=N)N)c2)C(=O)N(C2CCN(Cc3ccccc3)CC2)C1. The van der Waals surface area contributed by atoms with E-state index in [4.69, 9.17) is 11.1 Å². The molecule has 3 N–H and O–H groups in total. The number of likely N-dealkylation sites (tertiary alicyclic amines) is 1. The van der Waals surface area contributed by atoms with Gasteiger partial charge in [0.15, 0.2) is 0 Å². The topological polar surface area (TPSA) is 76.7 Å². The molecule has 2 aromatic rings. The van der Waals surface area contributed by atoms with E-state index in [2.05, 4.69) is 47.1 Å². The molecule has 2 aliphatic rings. The first-order chi connectivity index (χ1) is 15.0. The second-order valence-electron chi connectivity index (χ2n) is 9.03. The minimum Gasteiger partial charge on any atom is -0.384 e. The molecule has 0 bridgehead atoms. The smallest absolute Gasteiger partial charge is 0.320 e. The van der Waals surface area contributed by atoms with Crippen LogP contribution >= 0.6 is 0 Å². The average molecular weight is 420 g/mol. The molecule has 2 fully saturated rings. The maximum atomic E-state index is 13.3. The largest absolute Gasteiger partial charge is 0.384 e. The van der Waals surface area contributed by atoms with E-state index >= 15 is 0 Å². The minimum atomic E-state index is 0.0593. The van der Waals surface area contributed by atoms with Gasteiger partial charge in [-0.3, -0.25) is 10.3 Å². The third kappa shape index (κ3) is 5.25. The molecular formula is C25H33N5O. The van der Waals surface area contributed by atoms with Gasteiger partial charge in [-0.15, -0.1) is 0 Å². The van der Waals surface area contributed by atoms with Gasteiger partial charge in [0.2, 0.25) is 0 Å². The summed E-state index contributed by atoms with van der Waals surface area (Å²) in [5, 5.41) is 7.66. The summed E-state index contributed by atoms with van der Waals surface area (Å²) >= 11 is 0. The van der Waals surface area contributed by atoms with Crippen molar-refractivity contribution in [3.05, 3.63) is 71.3 Å². The number of nitrogens with zero attached hydrogens (tertiary/aromatic N) is 3. The molecule has 6 heteroatoms. The summed E-state index contributed by atoms with van der Waals surface area (Å²) in [6, 6.07) is 18.7. The van der Waals surface area contributed by atoms with Crippen LogP contribution in [-0.4, -0.2) is 58.8 Å². The summed E-state index contributed by atoms with van der Waals surface area (Å²) in [7, 11) is 0. The predicted octanol–water partition coefficient (Wildman–Crippen LogP) is 3.51. The maximum Gasteiger partial charge on any atom is 0.320 e. The molecule has 0 saturated carbocycles. The average Bonchev–Trinajstić information content (AvgIpc) is 2.77. The van der Waals surface area contributed by atoms with Crippen LogP contribution in [0.4, 0.5) is 4.79 Å². The first-order valence-electron chi connectivity index (χ1n) is 11.2. The monoisotopic (exact) mass is 419 g/mol. The number of benzene rings is 2. The fourth-order valence-corrected chi connectivity index (χ4v) is 4.83. The van der Waals surface area contributed by atoms with Gasteiger partial charge < -0.3 is 15.5 Å². The molecule has 2 saturated heterocycles.